The summed E-state index contributed by atoms with van der Waals surface area (Å²) in [5.74, 6) is 0.0698. The van der Waals surface area contributed by atoms with Crippen molar-refractivity contribution in [3.63, 3.8) is 0 Å². The Morgan fingerprint density at radius 1 is 1.33 bits per heavy atom. The summed E-state index contributed by atoms with van der Waals surface area (Å²) in [6.07, 6.45) is 2.09. The average molecular weight is 310 g/mol. The van der Waals surface area contributed by atoms with Crippen LogP contribution in [0.4, 0.5) is 0 Å². The number of nitrogens with zero attached hydrogens (tertiary/aromatic N) is 3. The number of aromatic nitrogens is 1. The van der Waals surface area contributed by atoms with Crippen molar-refractivity contribution in [2.75, 3.05) is 26.2 Å². The molecule has 1 saturated heterocycles. The Balaban J connectivity index is 2.00. The Labute approximate surface area is 132 Å². The molecule has 1 amide bonds. The minimum atomic E-state index is 0.0698. The molecule has 0 unspecified atom stereocenters. The van der Waals surface area contributed by atoms with E-state index in [1.54, 1.807) is 6.07 Å². The molecule has 0 saturated carbocycles. The van der Waals surface area contributed by atoms with Crippen molar-refractivity contribution in [3.05, 3.63) is 28.5 Å². The van der Waals surface area contributed by atoms with Crippen LogP contribution in [0.1, 0.15) is 42.7 Å². The summed E-state index contributed by atoms with van der Waals surface area (Å²) < 4.78 is 0. The Morgan fingerprint density at radius 2 is 1.95 bits per heavy atom. The molecule has 0 aromatic carbocycles. The number of piperidine rings is 1. The quantitative estimate of drug-likeness (QED) is 0.802. The van der Waals surface area contributed by atoms with Crippen LogP contribution in [0.5, 0.6) is 0 Å². The normalized spacial score (nSPS) is 16.5. The monoisotopic (exact) mass is 309 g/mol. The van der Waals surface area contributed by atoms with Crippen molar-refractivity contribution < 1.29 is 4.79 Å². The number of carbonyl (C=O) groups is 1. The van der Waals surface area contributed by atoms with Gasteiger partial charge in [0.15, 0.2) is 0 Å². The zero-order valence-electron chi connectivity index (χ0n) is 13.1. The summed E-state index contributed by atoms with van der Waals surface area (Å²) in [5, 5.41) is 0.386. The molecule has 1 aliphatic heterocycles. The lowest BCUT2D eigenvalue weighted by molar-refractivity contribution is 0.0631. The van der Waals surface area contributed by atoms with Gasteiger partial charge >= 0.3 is 0 Å². The van der Waals surface area contributed by atoms with E-state index in [0.717, 1.165) is 44.7 Å². The molecule has 1 fully saturated rings. The molecule has 1 aromatic heterocycles. The smallest absolute Gasteiger partial charge is 0.254 e. The van der Waals surface area contributed by atoms with Crippen LogP contribution in [0.3, 0.4) is 0 Å². The third kappa shape index (κ3) is 3.95. The lowest BCUT2D eigenvalue weighted by Crippen LogP contribution is -2.46. The molecule has 2 rings (SSSR count). The Hall–Kier alpha value is -1.13. The third-order valence-electron chi connectivity index (χ3n) is 4.25. The number of aryl methyl sites for hydroxylation is 1. The molecular formula is C16H24ClN3O. The van der Waals surface area contributed by atoms with Gasteiger partial charge in [-0.15, -0.1) is 0 Å². The van der Waals surface area contributed by atoms with E-state index in [2.05, 4.69) is 23.7 Å². The van der Waals surface area contributed by atoms with Crippen LogP contribution in [0.2, 0.25) is 5.15 Å². The van der Waals surface area contributed by atoms with Gasteiger partial charge in [-0.25, -0.2) is 4.98 Å². The first-order valence-electron chi connectivity index (χ1n) is 7.72. The Morgan fingerprint density at radius 3 is 2.48 bits per heavy atom. The lowest BCUT2D eigenvalue weighted by atomic mass is 10.0. The second kappa shape index (κ2) is 7.23. The summed E-state index contributed by atoms with van der Waals surface area (Å²) in [7, 11) is 0. The van der Waals surface area contributed by atoms with Gasteiger partial charge in [0.25, 0.3) is 5.91 Å². The molecular weight excluding hydrogens is 286 g/mol. The van der Waals surface area contributed by atoms with Crippen LogP contribution in [0.15, 0.2) is 12.1 Å². The number of hydrogen-bond donors (Lipinski definition) is 0. The molecule has 21 heavy (non-hydrogen) atoms. The van der Waals surface area contributed by atoms with E-state index in [4.69, 9.17) is 11.6 Å². The minimum absolute atomic E-state index is 0.0698. The molecule has 0 N–H and O–H groups in total. The molecule has 116 valence electrons. The largest absolute Gasteiger partial charge is 0.339 e. The van der Waals surface area contributed by atoms with Gasteiger partial charge in [-0.2, -0.15) is 0 Å². The highest BCUT2D eigenvalue weighted by Crippen LogP contribution is 2.19. The summed E-state index contributed by atoms with van der Waals surface area (Å²) in [6.45, 7) is 10.0. The summed E-state index contributed by atoms with van der Waals surface area (Å²) in [4.78, 5) is 21.1. The Bertz CT molecular complexity index is 474. The lowest BCUT2D eigenvalue weighted by Gasteiger charge is -2.37. The number of carbonyl (C=O) groups excluding carboxylic acids is 1. The fraction of sp³-hybridized carbons (Fsp3) is 0.625. The molecule has 4 nitrogen and oxygen atoms in total. The fourth-order valence-corrected chi connectivity index (χ4v) is 3.36. The van der Waals surface area contributed by atoms with Crippen LogP contribution >= 0.6 is 11.6 Å². The van der Waals surface area contributed by atoms with E-state index in [9.17, 15) is 4.79 Å². The number of rotatable bonds is 4. The molecule has 1 aromatic rings. The zero-order chi connectivity index (χ0) is 15.4. The molecule has 0 radical (unpaired) electrons. The van der Waals surface area contributed by atoms with Gasteiger partial charge in [0, 0.05) is 30.4 Å². The van der Waals surface area contributed by atoms with Crippen LogP contribution in [-0.2, 0) is 0 Å². The average Bonchev–Trinajstić information content (AvgIpc) is 2.47. The van der Waals surface area contributed by atoms with Crippen molar-refractivity contribution >= 4 is 17.5 Å². The second-order valence-electron chi connectivity index (χ2n) is 5.56. The van der Waals surface area contributed by atoms with Gasteiger partial charge in [-0.3, -0.25) is 4.79 Å². The molecule has 0 aliphatic carbocycles. The van der Waals surface area contributed by atoms with Crippen molar-refractivity contribution in [1.82, 2.24) is 14.8 Å². The molecule has 0 atom stereocenters. The van der Waals surface area contributed by atoms with Crippen molar-refractivity contribution in [2.45, 2.75) is 39.7 Å². The van der Waals surface area contributed by atoms with Gasteiger partial charge in [-0.1, -0.05) is 25.4 Å². The van der Waals surface area contributed by atoms with E-state index in [1.165, 1.54) is 0 Å². The third-order valence-corrected chi connectivity index (χ3v) is 4.44. The number of amides is 1. The maximum Gasteiger partial charge on any atom is 0.254 e. The molecule has 1 aliphatic rings. The van der Waals surface area contributed by atoms with Crippen LogP contribution in [-0.4, -0.2) is 52.9 Å². The van der Waals surface area contributed by atoms with E-state index in [-0.39, 0.29) is 5.91 Å². The van der Waals surface area contributed by atoms with E-state index >= 15 is 0 Å². The standard InChI is InChI=1S/C16H24ClN3O/c1-4-19(5-2)14-6-8-20(9-7-14)16(21)13-10-12(3)18-15(17)11-13/h10-11,14H,4-9H2,1-3H3. The predicted molar refractivity (Wildman–Crippen MR) is 85.8 cm³/mol. The van der Waals surface area contributed by atoms with E-state index < -0.39 is 0 Å². The fourth-order valence-electron chi connectivity index (χ4n) is 3.11. The van der Waals surface area contributed by atoms with Crippen molar-refractivity contribution in [3.8, 4) is 0 Å². The maximum atomic E-state index is 12.5. The summed E-state index contributed by atoms with van der Waals surface area (Å²) in [5.41, 5.74) is 1.43. The van der Waals surface area contributed by atoms with Gasteiger partial charge in [0.2, 0.25) is 0 Å². The van der Waals surface area contributed by atoms with E-state index in [1.807, 2.05) is 17.9 Å². The first-order valence-corrected chi connectivity index (χ1v) is 8.10. The highest BCUT2D eigenvalue weighted by atomic mass is 35.5. The van der Waals surface area contributed by atoms with Crippen LogP contribution in [0.25, 0.3) is 0 Å². The van der Waals surface area contributed by atoms with Crippen molar-refractivity contribution in [2.24, 2.45) is 0 Å². The van der Waals surface area contributed by atoms with Crippen LogP contribution in [0, 0.1) is 6.92 Å². The molecule has 5 heteroatoms. The number of likely N-dealkylation sites (tertiary alicyclic amines) is 1. The molecule has 0 spiro atoms. The SMILES string of the molecule is CCN(CC)C1CCN(C(=O)c2cc(C)nc(Cl)c2)CC1. The maximum absolute atomic E-state index is 12.5. The summed E-state index contributed by atoms with van der Waals surface area (Å²) in [6, 6.07) is 4.07. The highest BCUT2D eigenvalue weighted by molar-refractivity contribution is 6.29. The van der Waals surface area contributed by atoms with Gasteiger partial charge in [-0.05, 0) is 45.0 Å². The van der Waals surface area contributed by atoms with Gasteiger partial charge in [0.1, 0.15) is 5.15 Å². The van der Waals surface area contributed by atoms with Crippen LogP contribution < -0.4 is 0 Å². The number of pyridine rings is 1. The first-order chi connectivity index (χ1) is 10.0. The zero-order valence-corrected chi connectivity index (χ0v) is 13.9. The molecule has 2 heterocycles. The second-order valence-corrected chi connectivity index (χ2v) is 5.95. The predicted octanol–water partition coefficient (Wildman–Crippen LogP) is 2.99. The first kappa shape index (κ1) is 16.2. The van der Waals surface area contributed by atoms with Crippen molar-refractivity contribution in [1.29, 1.82) is 0 Å². The Kier molecular flexibility index (Phi) is 5.59. The topological polar surface area (TPSA) is 36.4 Å². The van der Waals surface area contributed by atoms with Gasteiger partial charge in [0.05, 0.1) is 0 Å². The summed E-state index contributed by atoms with van der Waals surface area (Å²) >= 11 is 5.95. The molecule has 0 bridgehead atoms. The van der Waals surface area contributed by atoms with E-state index in [0.29, 0.717) is 16.8 Å². The number of halogens is 1. The highest BCUT2D eigenvalue weighted by Gasteiger charge is 2.26. The van der Waals surface area contributed by atoms with Gasteiger partial charge < -0.3 is 9.80 Å². The minimum Gasteiger partial charge on any atom is -0.339 e. The number of hydrogen-bond acceptors (Lipinski definition) is 3.